The quantitative estimate of drug-likeness (QED) is 0.772. The van der Waals surface area contributed by atoms with Crippen molar-refractivity contribution in [2.45, 2.75) is 45.6 Å². The second-order valence-electron chi connectivity index (χ2n) is 7.13. The number of H-pyrrole nitrogens is 1. The van der Waals surface area contributed by atoms with Crippen LogP contribution in [0.1, 0.15) is 47.9 Å². The Hall–Kier alpha value is -2.96. The van der Waals surface area contributed by atoms with Crippen molar-refractivity contribution in [2.24, 2.45) is 0 Å². The number of pyridine rings is 1. The lowest BCUT2D eigenvalue weighted by atomic mass is 9.98. The third kappa shape index (κ3) is 3.25. The van der Waals surface area contributed by atoms with Crippen LogP contribution in [0.4, 0.5) is 0 Å². The van der Waals surface area contributed by atoms with E-state index in [1.807, 2.05) is 36.1 Å². The van der Waals surface area contributed by atoms with Crippen LogP contribution >= 0.6 is 0 Å². The topological polar surface area (TPSA) is 83.4 Å². The van der Waals surface area contributed by atoms with Crippen molar-refractivity contribution in [3.8, 4) is 0 Å². The molecule has 1 aliphatic heterocycles. The minimum Gasteiger partial charge on any atom is -0.334 e. The summed E-state index contributed by atoms with van der Waals surface area (Å²) in [6, 6.07) is 7.43. The predicted octanol–water partition coefficient (Wildman–Crippen LogP) is 2.33. The molecular formula is C20H23N5O2. The number of fused-ring (bicyclic) bond motifs is 1. The lowest BCUT2D eigenvalue weighted by molar-refractivity contribution is -0.134. The number of nitrogens with one attached hydrogen (secondary N) is 1. The summed E-state index contributed by atoms with van der Waals surface area (Å²) in [7, 11) is 0. The molecule has 0 aliphatic carbocycles. The number of nitrogens with zero attached hydrogens (tertiary/aromatic N) is 4. The molecule has 1 saturated heterocycles. The van der Waals surface area contributed by atoms with Crippen LogP contribution in [0, 0.1) is 13.8 Å². The van der Waals surface area contributed by atoms with Crippen LogP contribution in [0.25, 0.3) is 5.65 Å². The highest BCUT2D eigenvalue weighted by molar-refractivity contribution is 5.79. The van der Waals surface area contributed by atoms with E-state index in [-0.39, 0.29) is 23.9 Å². The molecule has 1 aliphatic rings. The molecule has 1 atom stereocenters. The van der Waals surface area contributed by atoms with Crippen molar-refractivity contribution in [3.05, 3.63) is 63.5 Å². The van der Waals surface area contributed by atoms with Crippen LogP contribution in [0.2, 0.25) is 0 Å². The van der Waals surface area contributed by atoms with Gasteiger partial charge in [-0.1, -0.05) is 6.07 Å². The van der Waals surface area contributed by atoms with Gasteiger partial charge in [-0.2, -0.15) is 0 Å². The van der Waals surface area contributed by atoms with Gasteiger partial charge in [0.25, 0.3) is 5.56 Å². The zero-order valence-corrected chi connectivity index (χ0v) is 15.6. The zero-order chi connectivity index (χ0) is 19.0. The van der Waals surface area contributed by atoms with Gasteiger partial charge in [0.15, 0.2) is 5.65 Å². The molecule has 0 aromatic carbocycles. The van der Waals surface area contributed by atoms with Gasteiger partial charge in [0, 0.05) is 35.8 Å². The van der Waals surface area contributed by atoms with Crippen molar-refractivity contribution < 1.29 is 4.79 Å². The number of aromatic nitrogens is 4. The Balaban J connectivity index is 1.66. The van der Waals surface area contributed by atoms with E-state index in [2.05, 4.69) is 15.1 Å². The zero-order valence-electron chi connectivity index (χ0n) is 15.6. The molecule has 0 radical (unpaired) electrons. The molecule has 140 valence electrons. The molecule has 1 amide bonds. The summed E-state index contributed by atoms with van der Waals surface area (Å²) >= 11 is 0. The molecule has 3 aromatic rings. The average Bonchev–Trinajstić information content (AvgIpc) is 3.11. The first-order valence-corrected chi connectivity index (χ1v) is 9.33. The molecule has 0 bridgehead atoms. The van der Waals surface area contributed by atoms with E-state index in [1.54, 1.807) is 13.1 Å². The molecule has 1 N–H and O–H groups in total. The summed E-state index contributed by atoms with van der Waals surface area (Å²) in [6.07, 6.45) is 4.90. The number of amides is 1. The Morgan fingerprint density at radius 2 is 2.15 bits per heavy atom. The Morgan fingerprint density at radius 3 is 2.93 bits per heavy atom. The monoisotopic (exact) mass is 365 g/mol. The van der Waals surface area contributed by atoms with Crippen molar-refractivity contribution in [3.63, 3.8) is 0 Å². The van der Waals surface area contributed by atoms with E-state index >= 15 is 0 Å². The summed E-state index contributed by atoms with van der Waals surface area (Å²) in [5.74, 6) is 0.0599. The Kier molecular flexibility index (Phi) is 4.51. The fourth-order valence-corrected chi connectivity index (χ4v) is 3.72. The maximum Gasteiger partial charge on any atom is 0.275 e. The van der Waals surface area contributed by atoms with E-state index in [0.717, 1.165) is 36.3 Å². The van der Waals surface area contributed by atoms with Crippen molar-refractivity contribution >= 4 is 11.6 Å². The van der Waals surface area contributed by atoms with E-state index in [0.29, 0.717) is 17.8 Å². The minimum absolute atomic E-state index is 0.0599. The fourth-order valence-electron chi connectivity index (χ4n) is 3.72. The Bertz CT molecular complexity index is 1040. The molecule has 0 saturated carbocycles. The summed E-state index contributed by atoms with van der Waals surface area (Å²) in [5, 5.41) is 3.18. The molecule has 7 heteroatoms. The molecule has 1 fully saturated rings. The molecular weight excluding hydrogens is 342 g/mol. The molecule has 0 spiro atoms. The van der Waals surface area contributed by atoms with Crippen molar-refractivity contribution in [2.75, 3.05) is 6.54 Å². The second-order valence-corrected chi connectivity index (χ2v) is 7.13. The fraction of sp³-hybridized carbons (Fsp3) is 0.400. The first kappa shape index (κ1) is 17.5. The van der Waals surface area contributed by atoms with Gasteiger partial charge in [-0.3, -0.25) is 19.7 Å². The summed E-state index contributed by atoms with van der Waals surface area (Å²) in [6.45, 7) is 4.33. The van der Waals surface area contributed by atoms with E-state index in [9.17, 15) is 9.59 Å². The van der Waals surface area contributed by atoms with Gasteiger partial charge in [0.05, 0.1) is 18.2 Å². The number of aryl methyl sites for hydroxylation is 1. The van der Waals surface area contributed by atoms with Gasteiger partial charge in [0.2, 0.25) is 5.91 Å². The first-order valence-electron chi connectivity index (χ1n) is 9.33. The van der Waals surface area contributed by atoms with E-state index in [1.165, 1.54) is 4.52 Å². The highest BCUT2D eigenvalue weighted by atomic mass is 16.2. The lowest BCUT2D eigenvalue weighted by Crippen LogP contribution is -2.39. The maximum atomic E-state index is 12.9. The average molecular weight is 365 g/mol. The van der Waals surface area contributed by atoms with Crippen LogP contribution in [0.5, 0.6) is 0 Å². The molecule has 7 nitrogen and oxygen atoms in total. The molecule has 1 unspecified atom stereocenters. The Morgan fingerprint density at radius 1 is 1.30 bits per heavy atom. The highest BCUT2D eigenvalue weighted by Gasteiger charge is 2.29. The number of rotatable bonds is 3. The molecule has 3 aromatic heterocycles. The number of hydrogen-bond acceptors (Lipinski definition) is 4. The van der Waals surface area contributed by atoms with Gasteiger partial charge in [-0.15, -0.1) is 0 Å². The number of carbonyl (C=O) groups excluding carboxylic acids is 1. The predicted molar refractivity (Wildman–Crippen MR) is 102 cm³/mol. The first-order chi connectivity index (χ1) is 13.0. The van der Waals surface area contributed by atoms with Gasteiger partial charge in [-0.05, 0) is 45.2 Å². The number of carbonyl (C=O) groups is 1. The van der Waals surface area contributed by atoms with Crippen molar-refractivity contribution in [1.29, 1.82) is 0 Å². The molecule has 4 heterocycles. The molecule has 4 rings (SSSR count). The van der Waals surface area contributed by atoms with Gasteiger partial charge < -0.3 is 4.90 Å². The van der Waals surface area contributed by atoms with Gasteiger partial charge in [-0.25, -0.2) is 9.50 Å². The molecule has 27 heavy (non-hydrogen) atoms. The van der Waals surface area contributed by atoms with Gasteiger partial charge >= 0.3 is 0 Å². The summed E-state index contributed by atoms with van der Waals surface area (Å²) < 4.78 is 1.48. The highest BCUT2D eigenvalue weighted by Crippen LogP contribution is 2.31. The standard InChI is InChI=1S/C20H23N5O2/c1-13-14(2)22-18-12-16(23-25(18)20(13)27)17-8-4-6-10-24(17)19(26)11-15-7-3-5-9-21-15/h3,5,7,9,12,17,23H,4,6,8,10-11H2,1-2H3. The number of likely N-dealkylation sites (tertiary alicyclic amines) is 1. The maximum absolute atomic E-state index is 12.9. The van der Waals surface area contributed by atoms with E-state index in [4.69, 9.17) is 0 Å². The lowest BCUT2D eigenvalue weighted by Gasteiger charge is -2.35. The van der Waals surface area contributed by atoms with Gasteiger partial charge in [0.1, 0.15) is 0 Å². The normalized spacial score (nSPS) is 17.4. The minimum atomic E-state index is -0.0917. The van der Waals surface area contributed by atoms with Crippen molar-refractivity contribution in [1.82, 2.24) is 24.5 Å². The van der Waals surface area contributed by atoms with Crippen LogP contribution < -0.4 is 5.56 Å². The third-order valence-electron chi connectivity index (χ3n) is 5.34. The SMILES string of the molecule is Cc1nc2cc(C3CCCCN3C(=O)Cc3ccccn3)[nH]n2c(=O)c1C. The summed E-state index contributed by atoms with van der Waals surface area (Å²) in [5.41, 5.74) is 3.50. The smallest absolute Gasteiger partial charge is 0.275 e. The number of aromatic amines is 1. The van der Waals surface area contributed by atoms with Crippen LogP contribution in [0.15, 0.2) is 35.3 Å². The number of hydrogen-bond donors (Lipinski definition) is 1. The van der Waals surface area contributed by atoms with Crippen LogP contribution in [0.3, 0.4) is 0 Å². The summed E-state index contributed by atoms with van der Waals surface area (Å²) in [4.78, 5) is 36.1. The number of piperidine rings is 1. The van der Waals surface area contributed by atoms with Crippen LogP contribution in [-0.4, -0.2) is 36.9 Å². The van der Waals surface area contributed by atoms with Crippen LogP contribution in [-0.2, 0) is 11.2 Å². The largest absolute Gasteiger partial charge is 0.334 e. The van der Waals surface area contributed by atoms with E-state index < -0.39 is 0 Å². The Labute approximate surface area is 157 Å². The second kappa shape index (κ2) is 6.98. The third-order valence-corrected chi connectivity index (χ3v) is 5.34.